The molecule has 2 amide bonds. The van der Waals surface area contributed by atoms with Crippen LogP contribution in [0.25, 0.3) is 0 Å². The van der Waals surface area contributed by atoms with E-state index >= 15 is 0 Å². The largest absolute Gasteiger partial charge is 0.360 e. The first-order valence-electron chi connectivity index (χ1n) is 9.56. The van der Waals surface area contributed by atoms with Crippen LogP contribution in [0.5, 0.6) is 0 Å². The van der Waals surface area contributed by atoms with Gasteiger partial charge in [-0.05, 0) is 43.7 Å². The molecule has 3 aromatic rings. The fourth-order valence-corrected chi connectivity index (χ4v) is 3.00. The third-order valence-electron chi connectivity index (χ3n) is 4.59. The SMILES string of the molecule is Cc1ccc(C(=O)Nc2cccc(CNC(=O)c3c(C)noc3C(C)C)c2)cc1. The second kappa shape index (κ2) is 8.73. The second-order valence-electron chi connectivity index (χ2n) is 7.37. The number of carbonyl (C=O) groups is 2. The van der Waals surface area contributed by atoms with E-state index in [4.69, 9.17) is 4.52 Å². The van der Waals surface area contributed by atoms with Gasteiger partial charge >= 0.3 is 0 Å². The van der Waals surface area contributed by atoms with Crippen molar-refractivity contribution in [1.29, 1.82) is 0 Å². The maximum atomic E-state index is 12.6. The van der Waals surface area contributed by atoms with Crippen LogP contribution in [0.3, 0.4) is 0 Å². The van der Waals surface area contributed by atoms with Gasteiger partial charge < -0.3 is 15.2 Å². The highest BCUT2D eigenvalue weighted by molar-refractivity contribution is 6.04. The van der Waals surface area contributed by atoms with Gasteiger partial charge in [-0.2, -0.15) is 0 Å². The van der Waals surface area contributed by atoms with Gasteiger partial charge in [0.15, 0.2) is 5.76 Å². The molecule has 0 spiro atoms. The Bertz CT molecular complexity index is 1020. The van der Waals surface area contributed by atoms with E-state index in [2.05, 4.69) is 15.8 Å². The molecule has 150 valence electrons. The molecule has 0 radical (unpaired) electrons. The van der Waals surface area contributed by atoms with Crippen molar-refractivity contribution in [2.45, 2.75) is 40.2 Å². The van der Waals surface area contributed by atoms with E-state index in [0.717, 1.165) is 11.1 Å². The summed E-state index contributed by atoms with van der Waals surface area (Å²) < 4.78 is 5.28. The lowest BCUT2D eigenvalue weighted by Crippen LogP contribution is -2.24. The average Bonchev–Trinajstić information content (AvgIpc) is 3.09. The van der Waals surface area contributed by atoms with Crippen LogP contribution in [0.4, 0.5) is 5.69 Å². The number of aryl methyl sites for hydroxylation is 2. The highest BCUT2D eigenvalue weighted by atomic mass is 16.5. The molecule has 0 aliphatic heterocycles. The number of nitrogens with zero attached hydrogens (tertiary/aromatic N) is 1. The van der Waals surface area contributed by atoms with E-state index in [0.29, 0.717) is 34.8 Å². The van der Waals surface area contributed by atoms with Crippen LogP contribution >= 0.6 is 0 Å². The molecule has 0 fully saturated rings. The molecular weight excluding hydrogens is 366 g/mol. The van der Waals surface area contributed by atoms with E-state index < -0.39 is 0 Å². The van der Waals surface area contributed by atoms with Crippen molar-refractivity contribution in [2.24, 2.45) is 0 Å². The van der Waals surface area contributed by atoms with E-state index in [9.17, 15) is 9.59 Å². The molecule has 2 aromatic carbocycles. The van der Waals surface area contributed by atoms with Crippen molar-refractivity contribution in [3.63, 3.8) is 0 Å². The topological polar surface area (TPSA) is 84.2 Å². The predicted molar refractivity (Wildman–Crippen MR) is 112 cm³/mol. The standard InChI is InChI=1S/C23H25N3O3/c1-14(2)21-20(16(4)26-29-21)23(28)24-13-17-6-5-7-19(12-17)25-22(27)18-10-8-15(3)9-11-18/h5-12,14H,13H2,1-4H3,(H,24,28)(H,25,27). The number of anilines is 1. The minimum Gasteiger partial charge on any atom is -0.360 e. The molecule has 1 heterocycles. The molecule has 0 atom stereocenters. The van der Waals surface area contributed by atoms with Gasteiger partial charge in [-0.15, -0.1) is 0 Å². The number of hydrogen-bond acceptors (Lipinski definition) is 4. The average molecular weight is 391 g/mol. The van der Waals surface area contributed by atoms with Crippen molar-refractivity contribution in [3.05, 3.63) is 82.2 Å². The fraction of sp³-hybridized carbons (Fsp3) is 0.261. The Labute approximate surface area is 170 Å². The highest BCUT2D eigenvalue weighted by Crippen LogP contribution is 2.22. The number of hydrogen-bond donors (Lipinski definition) is 2. The maximum Gasteiger partial charge on any atom is 0.257 e. The van der Waals surface area contributed by atoms with Crippen LogP contribution in [-0.2, 0) is 6.54 Å². The van der Waals surface area contributed by atoms with Crippen LogP contribution in [0.15, 0.2) is 53.1 Å². The summed E-state index contributed by atoms with van der Waals surface area (Å²) in [7, 11) is 0. The normalized spacial score (nSPS) is 10.8. The molecule has 3 rings (SSSR count). The zero-order valence-electron chi connectivity index (χ0n) is 17.1. The summed E-state index contributed by atoms with van der Waals surface area (Å²) in [5.41, 5.74) is 4.31. The second-order valence-corrected chi connectivity index (χ2v) is 7.37. The molecule has 0 aliphatic rings. The van der Waals surface area contributed by atoms with Gasteiger partial charge in [0.25, 0.3) is 11.8 Å². The summed E-state index contributed by atoms with van der Waals surface area (Å²) in [5, 5.41) is 9.71. The first kappa shape index (κ1) is 20.3. The summed E-state index contributed by atoms with van der Waals surface area (Å²) in [6.45, 7) is 7.97. The van der Waals surface area contributed by atoms with E-state index in [1.807, 2.05) is 57.2 Å². The summed E-state index contributed by atoms with van der Waals surface area (Å²) in [4.78, 5) is 25.0. The van der Waals surface area contributed by atoms with Gasteiger partial charge in [0.1, 0.15) is 5.56 Å². The van der Waals surface area contributed by atoms with Gasteiger partial charge in [0.2, 0.25) is 0 Å². The van der Waals surface area contributed by atoms with Gasteiger partial charge in [0, 0.05) is 23.7 Å². The predicted octanol–water partition coefficient (Wildman–Crippen LogP) is 4.60. The minimum absolute atomic E-state index is 0.0669. The maximum absolute atomic E-state index is 12.6. The van der Waals surface area contributed by atoms with Crippen molar-refractivity contribution in [3.8, 4) is 0 Å². The van der Waals surface area contributed by atoms with Crippen molar-refractivity contribution < 1.29 is 14.1 Å². The van der Waals surface area contributed by atoms with Gasteiger partial charge in [0.05, 0.1) is 5.69 Å². The Morgan fingerprint density at radius 1 is 1.03 bits per heavy atom. The molecular formula is C23H25N3O3. The van der Waals surface area contributed by atoms with Crippen molar-refractivity contribution >= 4 is 17.5 Å². The fourth-order valence-electron chi connectivity index (χ4n) is 3.00. The molecule has 0 bridgehead atoms. The third kappa shape index (κ3) is 4.90. The number of amides is 2. The first-order valence-corrected chi connectivity index (χ1v) is 9.56. The zero-order chi connectivity index (χ0) is 21.0. The Morgan fingerprint density at radius 2 is 1.76 bits per heavy atom. The molecule has 2 N–H and O–H groups in total. The van der Waals surface area contributed by atoms with Crippen molar-refractivity contribution in [2.75, 3.05) is 5.32 Å². The molecule has 0 saturated heterocycles. The lowest BCUT2D eigenvalue weighted by Gasteiger charge is -2.10. The molecule has 6 nitrogen and oxygen atoms in total. The molecule has 0 aliphatic carbocycles. The molecule has 0 unspecified atom stereocenters. The molecule has 1 aromatic heterocycles. The Balaban J connectivity index is 1.66. The Morgan fingerprint density at radius 3 is 2.45 bits per heavy atom. The summed E-state index contributed by atoms with van der Waals surface area (Å²) in [6.07, 6.45) is 0. The van der Waals surface area contributed by atoms with E-state index in [1.165, 1.54) is 0 Å². The lowest BCUT2D eigenvalue weighted by molar-refractivity contribution is 0.0947. The monoisotopic (exact) mass is 391 g/mol. The van der Waals surface area contributed by atoms with Gasteiger partial charge in [-0.3, -0.25) is 9.59 Å². The quantitative estimate of drug-likeness (QED) is 0.643. The number of nitrogens with one attached hydrogen (secondary N) is 2. The lowest BCUT2D eigenvalue weighted by atomic mass is 10.0. The summed E-state index contributed by atoms with van der Waals surface area (Å²) in [5.74, 6) is 0.255. The zero-order valence-corrected chi connectivity index (χ0v) is 17.1. The van der Waals surface area contributed by atoms with E-state index in [-0.39, 0.29) is 17.7 Å². The van der Waals surface area contributed by atoms with Crippen LogP contribution in [0.1, 0.15) is 63.1 Å². The van der Waals surface area contributed by atoms with Crippen LogP contribution in [-0.4, -0.2) is 17.0 Å². The van der Waals surface area contributed by atoms with Crippen LogP contribution in [0, 0.1) is 13.8 Å². The molecule has 29 heavy (non-hydrogen) atoms. The van der Waals surface area contributed by atoms with Gasteiger partial charge in [-0.1, -0.05) is 48.8 Å². The van der Waals surface area contributed by atoms with Crippen LogP contribution in [0.2, 0.25) is 0 Å². The first-order chi connectivity index (χ1) is 13.8. The minimum atomic E-state index is -0.221. The Hall–Kier alpha value is -3.41. The highest BCUT2D eigenvalue weighted by Gasteiger charge is 2.22. The number of carbonyl (C=O) groups excluding carboxylic acids is 2. The van der Waals surface area contributed by atoms with Crippen LogP contribution < -0.4 is 10.6 Å². The summed E-state index contributed by atoms with van der Waals surface area (Å²) in [6, 6.07) is 14.8. The van der Waals surface area contributed by atoms with Crippen molar-refractivity contribution in [1.82, 2.24) is 10.5 Å². The number of benzene rings is 2. The molecule has 0 saturated carbocycles. The number of rotatable bonds is 6. The summed E-state index contributed by atoms with van der Waals surface area (Å²) >= 11 is 0. The van der Waals surface area contributed by atoms with E-state index in [1.54, 1.807) is 19.1 Å². The Kier molecular flexibility index (Phi) is 6.12. The molecule has 6 heteroatoms. The smallest absolute Gasteiger partial charge is 0.257 e. The number of aromatic nitrogens is 1. The third-order valence-corrected chi connectivity index (χ3v) is 4.59. The van der Waals surface area contributed by atoms with Gasteiger partial charge in [-0.25, -0.2) is 0 Å².